The smallest absolute Gasteiger partial charge is 0.132 e. The van der Waals surface area contributed by atoms with E-state index in [0.29, 0.717) is 16.9 Å². The number of benzene rings is 2. The lowest BCUT2D eigenvalue weighted by atomic mass is 10.3. The molecule has 0 bridgehead atoms. The molecular formula is C20H15Cl2N5O. The van der Waals surface area contributed by atoms with Crippen molar-refractivity contribution in [2.75, 3.05) is 5.32 Å². The van der Waals surface area contributed by atoms with E-state index in [1.54, 1.807) is 16.8 Å². The van der Waals surface area contributed by atoms with E-state index >= 15 is 0 Å². The molecule has 0 atom stereocenters. The molecule has 0 aliphatic heterocycles. The van der Waals surface area contributed by atoms with Gasteiger partial charge in [-0.1, -0.05) is 46.6 Å². The number of nitrogens with one attached hydrogen (secondary N) is 1. The van der Waals surface area contributed by atoms with Gasteiger partial charge in [0.25, 0.3) is 0 Å². The summed E-state index contributed by atoms with van der Waals surface area (Å²) < 4.78 is 7.50. The van der Waals surface area contributed by atoms with Crippen molar-refractivity contribution in [3.8, 4) is 17.2 Å². The SMILES string of the molecule is Clc1cc(NCc2cn(-c3ccc(Oc4ccccc4)cc3)nn2)cc(Cl)n1. The first-order chi connectivity index (χ1) is 13.7. The molecule has 2 heterocycles. The lowest BCUT2D eigenvalue weighted by molar-refractivity contribution is 0.482. The number of para-hydroxylation sites is 1. The standard InChI is InChI=1S/C20H15Cl2N5O/c21-19-10-14(11-20(22)24-19)23-12-15-13-27(26-25-15)16-6-8-18(9-7-16)28-17-4-2-1-3-5-17/h1-11,13H,12H2,(H,23,24). The first kappa shape index (κ1) is 18.3. The molecular weight excluding hydrogens is 397 g/mol. The summed E-state index contributed by atoms with van der Waals surface area (Å²) in [4.78, 5) is 3.91. The van der Waals surface area contributed by atoms with E-state index in [0.717, 1.165) is 28.6 Å². The van der Waals surface area contributed by atoms with E-state index in [2.05, 4.69) is 20.6 Å². The molecule has 0 aliphatic carbocycles. The van der Waals surface area contributed by atoms with Crippen LogP contribution in [-0.2, 0) is 6.54 Å². The Labute approximate surface area is 171 Å². The summed E-state index contributed by atoms with van der Waals surface area (Å²) >= 11 is 11.8. The maximum atomic E-state index is 5.90. The fourth-order valence-electron chi connectivity index (χ4n) is 2.56. The molecule has 1 N–H and O–H groups in total. The highest BCUT2D eigenvalue weighted by molar-refractivity contribution is 6.32. The van der Waals surface area contributed by atoms with Gasteiger partial charge in [0.15, 0.2) is 0 Å². The third-order valence-corrected chi connectivity index (χ3v) is 4.24. The Bertz CT molecular complexity index is 1050. The van der Waals surface area contributed by atoms with Crippen LogP contribution in [0, 0.1) is 0 Å². The Morgan fingerprint density at radius 1 is 0.893 bits per heavy atom. The first-order valence-corrected chi connectivity index (χ1v) is 9.23. The van der Waals surface area contributed by atoms with Gasteiger partial charge < -0.3 is 10.1 Å². The van der Waals surface area contributed by atoms with Crippen LogP contribution in [0.15, 0.2) is 72.9 Å². The van der Waals surface area contributed by atoms with Crippen molar-refractivity contribution < 1.29 is 4.74 Å². The van der Waals surface area contributed by atoms with Gasteiger partial charge in [-0.3, -0.25) is 0 Å². The number of ether oxygens (including phenoxy) is 1. The molecule has 2 aromatic carbocycles. The summed E-state index contributed by atoms with van der Waals surface area (Å²) in [7, 11) is 0. The molecule has 0 amide bonds. The van der Waals surface area contributed by atoms with Crippen LogP contribution in [0.4, 0.5) is 5.69 Å². The van der Waals surface area contributed by atoms with Gasteiger partial charge in [0.05, 0.1) is 18.4 Å². The molecule has 4 aromatic rings. The molecule has 0 aliphatic rings. The molecule has 6 nitrogen and oxygen atoms in total. The second-order valence-electron chi connectivity index (χ2n) is 5.92. The van der Waals surface area contributed by atoms with Crippen LogP contribution in [0.5, 0.6) is 11.5 Å². The molecule has 0 spiro atoms. The molecule has 0 saturated heterocycles. The second kappa shape index (κ2) is 8.29. The summed E-state index contributed by atoms with van der Waals surface area (Å²) in [6.07, 6.45) is 1.85. The van der Waals surface area contributed by atoms with Gasteiger partial charge in [-0.15, -0.1) is 5.10 Å². The largest absolute Gasteiger partial charge is 0.457 e. The van der Waals surface area contributed by atoms with Gasteiger partial charge in [0.2, 0.25) is 0 Å². The quantitative estimate of drug-likeness (QED) is 0.431. The monoisotopic (exact) mass is 411 g/mol. The molecule has 28 heavy (non-hydrogen) atoms. The summed E-state index contributed by atoms with van der Waals surface area (Å²) in [6.45, 7) is 0.478. The van der Waals surface area contributed by atoms with Crippen LogP contribution in [0.2, 0.25) is 10.3 Å². The molecule has 0 radical (unpaired) electrons. The molecule has 0 fully saturated rings. The third kappa shape index (κ3) is 4.60. The lowest BCUT2D eigenvalue weighted by Gasteiger charge is -2.06. The van der Waals surface area contributed by atoms with Crippen LogP contribution < -0.4 is 10.1 Å². The summed E-state index contributed by atoms with van der Waals surface area (Å²) in [6, 6.07) is 20.7. The van der Waals surface area contributed by atoms with Gasteiger partial charge >= 0.3 is 0 Å². The van der Waals surface area contributed by atoms with Crippen LogP contribution in [0.25, 0.3) is 5.69 Å². The number of nitrogens with zero attached hydrogens (tertiary/aromatic N) is 4. The maximum Gasteiger partial charge on any atom is 0.132 e. The Morgan fingerprint density at radius 2 is 1.57 bits per heavy atom. The topological polar surface area (TPSA) is 64.9 Å². The number of hydrogen-bond donors (Lipinski definition) is 1. The number of rotatable bonds is 6. The van der Waals surface area contributed by atoms with Crippen molar-refractivity contribution in [3.05, 3.63) is 88.9 Å². The molecule has 0 unspecified atom stereocenters. The van der Waals surface area contributed by atoms with E-state index in [4.69, 9.17) is 27.9 Å². The first-order valence-electron chi connectivity index (χ1n) is 8.47. The fraction of sp³-hybridized carbons (Fsp3) is 0.0500. The number of anilines is 1. The van der Waals surface area contributed by atoms with E-state index < -0.39 is 0 Å². The Hall–Kier alpha value is -3.09. The van der Waals surface area contributed by atoms with Crippen molar-refractivity contribution in [1.29, 1.82) is 0 Å². The molecule has 2 aromatic heterocycles. The van der Waals surface area contributed by atoms with Gasteiger partial charge in [0.1, 0.15) is 27.5 Å². The normalized spacial score (nSPS) is 10.6. The minimum absolute atomic E-state index is 0.330. The average Bonchev–Trinajstić information content (AvgIpc) is 3.16. The van der Waals surface area contributed by atoms with Gasteiger partial charge in [-0.2, -0.15) is 0 Å². The van der Waals surface area contributed by atoms with Crippen LogP contribution in [0.1, 0.15) is 5.69 Å². The van der Waals surface area contributed by atoms with Crippen molar-refractivity contribution in [2.45, 2.75) is 6.54 Å². The molecule has 8 heteroatoms. The van der Waals surface area contributed by atoms with Gasteiger partial charge in [-0.25, -0.2) is 9.67 Å². The van der Waals surface area contributed by atoms with E-state index in [-0.39, 0.29) is 0 Å². The zero-order valence-electron chi connectivity index (χ0n) is 14.6. The van der Waals surface area contributed by atoms with Gasteiger partial charge in [-0.05, 0) is 48.5 Å². The summed E-state index contributed by atoms with van der Waals surface area (Å²) in [5, 5.41) is 12.2. The highest BCUT2D eigenvalue weighted by atomic mass is 35.5. The van der Waals surface area contributed by atoms with E-state index in [1.807, 2.05) is 60.8 Å². The molecule has 0 saturated carbocycles. The number of halogens is 2. The van der Waals surface area contributed by atoms with Crippen LogP contribution in [-0.4, -0.2) is 20.0 Å². The fourth-order valence-corrected chi connectivity index (χ4v) is 3.02. The predicted octanol–water partition coefficient (Wildman–Crippen LogP) is 5.37. The Balaban J connectivity index is 1.41. The molecule has 140 valence electrons. The summed E-state index contributed by atoms with van der Waals surface area (Å²) in [5.41, 5.74) is 2.42. The maximum absolute atomic E-state index is 5.90. The Kier molecular flexibility index (Phi) is 5.41. The minimum Gasteiger partial charge on any atom is -0.457 e. The highest BCUT2D eigenvalue weighted by Gasteiger charge is 2.05. The Morgan fingerprint density at radius 3 is 2.29 bits per heavy atom. The number of hydrogen-bond acceptors (Lipinski definition) is 5. The van der Waals surface area contributed by atoms with Crippen molar-refractivity contribution in [3.63, 3.8) is 0 Å². The summed E-state index contributed by atoms with van der Waals surface area (Å²) in [5.74, 6) is 1.55. The highest BCUT2D eigenvalue weighted by Crippen LogP contribution is 2.22. The van der Waals surface area contributed by atoms with Crippen molar-refractivity contribution in [2.24, 2.45) is 0 Å². The minimum atomic E-state index is 0.330. The van der Waals surface area contributed by atoms with Crippen molar-refractivity contribution >= 4 is 28.9 Å². The second-order valence-corrected chi connectivity index (χ2v) is 6.69. The third-order valence-electron chi connectivity index (χ3n) is 3.86. The number of aromatic nitrogens is 4. The predicted molar refractivity (Wildman–Crippen MR) is 109 cm³/mol. The van der Waals surface area contributed by atoms with Crippen LogP contribution >= 0.6 is 23.2 Å². The van der Waals surface area contributed by atoms with Gasteiger partial charge in [0, 0.05) is 5.69 Å². The number of pyridine rings is 1. The lowest BCUT2D eigenvalue weighted by Crippen LogP contribution is -2.00. The average molecular weight is 412 g/mol. The van der Waals surface area contributed by atoms with Crippen LogP contribution in [0.3, 0.4) is 0 Å². The zero-order valence-corrected chi connectivity index (χ0v) is 16.1. The van der Waals surface area contributed by atoms with E-state index in [9.17, 15) is 0 Å². The van der Waals surface area contributed by atoms with E-state index in [1.165, 1.54) is 0 Å². The van der Waals surface area contributed by atoms with Crippen molar-refractivity contribution in [1.82, 2.24) is 20.0 Å². The zero-order chi connectivity index (χ0) is 19.3. The molecule has 4 rings (SSSR count).